The minimum atomic E-state index is -1.58. The van der Waals surface area contributed by atoms with Gasteiger partial charge in [0.2, 0.25) is 5.91 Å². The highest BCUT2D eigenvalue weighted by molar-refractivity contribution is 6.31. The quantitative estimate of drug-likeness (QED) is 0.434. The molecule has 37 heavy (non-hydrogen) atoms. The van der Waals surface area contributed by atoms with Crippen molar-refractivity contribution in [2.45, 2.75) is 70.6 Å². The second-order valence-electron chi connectivity index (χ2n) is 10.3. The molecule has 2 saturated heterocycles. The second-order valence-corrected chi connectivity index (χ2v) is 10.7. The average molecular weight is 539 g/mol. The maximum absolute atomic E-state index is 13.9. The van der Waals surface area contributed by atoms with E-state index in [2.05, 4.69) is 5.10 Å². The van der Waals surface area contributed by atoms with E-state index in [1.807, 2.05) is 13.8 Å². The zero-order valence-electron chi connectivity index (χ0n) is 20.9. The summed E-state index contributed by atoms with van der Waals surface area (Å²) in [6.45, 7) is 5.67. The maximum atomic E-state index is 13.9. The summed E-state index contributed by atoms with van der Waals surface area (Å²) in [5.41, 5.74) is 2.52. The number of rotatable bonds is 4. The first-order valence-electron chi connectivity index (χ1n) is 12.8. The van der Waals surface area contributed by atoms with Crippen molar-refractivity contribution in [3.05, 3.63) is 51.1 Å². The Kier molecular flexibility index (Phi) is 7.24. The number of amides is 2. The van der Waals surface area contributed by atoms with E-state index in [-0.39, 0.29) is 42.0 Å². The number of likely N-dealkylation sites (tertiary alicyclic amines) is 1. The Labute approximate surface area is 218 Å². The summed E-state index contributed by atoms with van der Waals surface area (Å²) in [6.07, 6.45) is 3.23. The molecule has 0 saturated carbocycles. The first kappa shape index (κ1) is 26.0. The number of carbonyl (C=O) groups excluding carboxylic acids is 2. The minimum absolute atomic E-state index is 0.0246. The molecule has 11 heteroatoms. The predicted molar refractivity (Wildman–Crippen MR) is 130 cm³/mol. The lowest BCUT2D eigenvalue weighted by atomic mass is 9.89. The fraction of sp³-hybridized carbons (Fsp3) is 0.577. The summed E-state index contributed by atoms with van der Waals surface area (Å²) in [5.74, 6) is -4.77. The predicted octanol–water partition coefficient (Wildman–Crippen LogP) is 4.10. The SMILES string of the molecule is C[C@@H]1CN(C(=O)c2nn(CC(=O)N3CCC(c4cc(F)c(F)c(F)c4Cl)CC3)c3c2CCC3)C[C@H](C)O1. The molecule has 2 fully saturated rings. The van der Waals surface area contributed by atoms with Crippen LogP contribution in [0.1, 0.15) is 66.3 Å². The number of ether oxygens (including phenoxy) is 1. The largest absolute Gasteiger partial charge is 0.372 e. The van der Waals surface area contributed by atoms with Gasteiger partial charge in [0.1, 0.15) is 6.54 Å². The fourth-order valence-corrected chi connectivity index (χ4v) is 6.15. The van der Waals surface area contributed by atoms with Crippen LogP contribution in [0.15, 0.2) is 6.07 Å². The van der Waals surface area contributed by atoms with E-state index in [9.17, 15) is 22.8 Å². The van der Waals surface area contributed by atoms with E-state index in [0.29, 0.717) is 44.7 Å². The van der Waals surface area contributed by atoms with Crippen molar-refractivity contribution in [2.24, 2.45) is 0 Å². The van der Waals surface area contributed by atoms with Crippen molar-refractivity contribution >= 4 is 23.4 Å². The van der Waals surface area contributed by atoms with Crippen LogP contribution < -0.4 is 0 Å². The van der Waals surface area contributed by atoms with Crippen molar-refractivity contribution in [1.82, 2.24) is 19.6 Å². The average Bonchev–Trinajstić information content (AvgIpc) is 3.48. The summed E-state index contributed by atoms with van der Waals surface area (Å²) in [5, 5.41) is 4.19. The number of fused-ring (bicyclic) bond motifs is 1. The Morgan fingerprint density at radius 3 is 2.41 bits per heavy atom. The van der Waals surface area contributed by atoms with Gasteiger partial charge >= 0.3 is 0 Å². The third-order valence-corrected chi connectivity index (χ3v) is 8.00. The summed E-state index contributed by atoms with van der Waals surface area (Å²) >= 11 is 5.95. The van der Waals surface area contributed by atoms with Crippen molar-refractivity contribution in [2.75, 3.05) is 26.2 Å². The second kappa shape index (κ2) is 10.3. The molecule has 2 amide bonds. The van der Waals surface area contributed by atoms with Crippen LogP contribution >= 0.6 is 11.6 Å². The number of nitrogens with zero attached hydrogens (tertiary/aromatic N) is 4. The van der Waals surface area contributed by atoms with Crippen molar-refractivity contribution in [1.29, 1.82) is 0 Å². The van der Waals surface area contributed by atoms with Gasteiger partial charge < -0.3 is 14.5 Å². The fourth-order valence-electron chi connectivity index (χ4n) is 5.86. The number of morpholine rings is 1. The summed E-state index contributed by atoms with van der Waals surface area (Å²) in [6, 6.07) is 0.949. The molecule has 0 N–H and O–H groups in total. The number of benzene rings is 1. The van der Waals surface area contributed by atoms with Gasteiger partial charge in [-0.05, 0) is 63.5 Å². The Balaban J connectivity index is 1.26. The maximum Gasteiger partial charge on any atom is 0.274 e. The third-order valence-electron chi connectivity index (χ3n) is 7.62. The van der Waals surface area contributed by atoms with Gasteiger partial charge in [-0.15, -0.1) is 0 Å². The number of hydrogen-bond donors (Lipinski definition) is 0. The highest BCUT2D eigenvalue weighted by Crippen LogP contribution is 2.36. The number of carbonyl (C=O) groups is 2. The number of halogens is 4. The molecule has 1 aromatic carbocycles. The van der Waals surface area contributed by atoms with Gasteiger partial charge in [0.25, 0.3) is 5.91 Å². The van der Waals surface area contributed by atoms with E-state index < -0.39 is 22.5 Å². The van der Waals surface area contributed by atoms with Crippen LogP contribution in [-0.2, 0) is 28.9 Å². The van der Waals surface area contributed by atoms with Crippen LogP contribution in [0.2, 0.25) is 5.02 Å². The molecule has 3 heterocycles. The third kappa shape index (κ3) is 4.97. The van der Waals surface area contributed by atoms with Crippen LogP contribution in [0, 0.1) is 17.5 Å². The lowest BCUT2D eigenvalue weighted by Gasteiger charge is -2.35. The van der Waals surface area contributed by atoms with Crippen LogP contribution in [0.25, 0.3) is 0 Å². The topological polar surface area (TPSA) is 67.7 Å². The Hall–Kier alpha value is -2.59. The minimum Gasteiger partial charge on any atom is -0.372 e. The van der Waals surface area contributed by atoms with Gasteiger partial charge in [-0.1, -0.05) is 11.6 Å². The van der Waals surface area contributed by atoms with E-state index in [4.69, 9.17) is 16.3 Å². The molecular formula is C26H30ClF3N4O3. The smallest absolute Gasteiger partial charge is 0.274 e. The molecule has 0 radical (unpaired) electrons. The molecule has 200 valence electrons. The van der Waals surface area contributed by atoms with E-state index in [1.54, 1.807) is 14.5 Å². The van der Waals surface area contributed by atoms with Crippen molar-refractivity contribution in [3.63, 3.8) is 0 Å². The lowest BCUT2D eigenvalue weighted by molar-refractivity contribution is -0.133. The molecular weight excluding hydrogens is 509 g/mol. The highest BCUT2D eigenvalue weighted by atomic mass is 35.5. The van der Waals surface area contributed by atoms with Gasteiger partial charge in [-0.2, -0.15) is 5.10 Å². The van der Waals surface area contributed by atoms with E-state index in [1.165, 1.54) is 0 Å². The van der Waals surface area contributed by atoms with Crippen molar-refractivity contribution in [3.8, 4) is 0 Å². The summed E-state index contributed by atoms with van der Waals surface area (Å²) < 4.78 is 48.6. The molecule has 0 bridgehead atoms. The molecule has 2 aromatic rings. The lowest BCUT2D eigenvalue weighted by Crippen LogP contribution is -2.48. The molecule has 2 aliphatic heterocycles. The van der Waals surface area contributed by atoms with Gasteiger partial charge in [0.05, 0.1) is 17.2 Å². The number of aromatic nitrogens is 2. The van der Waals surface area contributed by atoms with Gasteiger partial charge in [-0.3, -0.25) is 14.3 Å². The first-order chi connectivity index (χ1) is 17.6. The molecule has 0 unspecified atom stereocenters. The summed E-state index contributed by atoms with van der Waals surface area (Å²) in [7, 11) is 0. The molecule has 2 atom stereocenters. The Bertz CT molecular complexity index is 1220. The normalized spacial score (nSPS) is 22.4. The van der Waals surface area contributed by atoms with Gasteiger partial charge in [-0.25, -0.2) is 13.2 Å². The monoisotopic (exact) mass is 538 g/mol. The van der Waals surface area contributed by atoms with Crippen LogP contribution in [0.5, 0.6) is 0 Å². The molecule has 1 aromatic heterocycles. The number of piperidine rings is 1. The summed E-state index contributed by atoms with van der Waals surface area (Å²) in [4.78, 5) is 30.0. The zero-order valence-corrected chi connectivity index (χ0v) is 21.7. The Morgan fingerprint density at radius 1 is 1.05 bits per heavy atom. The first-order valence-corrected chi connectivity index (χ1v) is 13.2. The molecule has 5 rings (SSSR count). The van der Waals surface area contributed by atoms with Crippen molar-refractivity contribution < 1.29 is 27.5 Å². The van der Waals surface area contributed by atoms with Gasteiger partial charge in [0.15, 0.2) is 23.1 Å². The Morgan fingerprint density at radius 2 is 1.73 bits per heavy atom. The van der Waals surface area contributed by atoms with Crippen LogP contribution in [0.3, 0.4) is 0 Å². The highest BCUT2D eigenvalue weighted by Gasteiger charge is 2.34. The zero-order chi connectivity index (χ0) is 26.4. The molecule has 1 aliphatic carbocycles. The van der Waals surface area contributed by atoms with E-state index in [0.717, 1.165) is 36.6 Å². The molecule has 0 spiro atoms. The van der Waals surface area contributed by atoms with Crippen LogP contribution in [-0.4, -0.2) is 69.8 Å². The molecule has 3 aliphatic rings. The standard InChI is InChI=1S/C26H30ClF3N4O3/c1-14-11-33(12-15(2)37-14)26(36)25-17-4-3-5-20(17)34(31-25)13-21(35)32-8-6-16(7-9-32)18-10-19(28)23(29)24(30)22(18)27/h10,14-16H,3-9,11-13H2,1-2H3/t14-,15+. The number of hydrogen-bond acceptors (Lipinski definition) is 4. The van der Waals surface area contributed by atoms with E-state index >= 15 is 0 Å². The van der Waals surface area contributed by atoms with Crippen LogP contribution in [0.4, 0.5) is 13.2 Å². The van der Waals surface area contributed by atoms with Gasteiger partial charge in [0, 0.05) is 37.4 Å². The molecule has 7 nitrogen and oxygen atoms in total.